The third kappa shape index (κ3) is 3.54. The number of hydrogen-bond acceptors (Lipinski definition) is 1. The van der Waals surface area contributed by atoms with Gasteiger partial charge in [0.25, 0.3) is 0 Å². The Kier molecular flexibility index (Phi) is 6.07. The SMILES string of the molecule is CC(C)CCC[C@H](C)[C@@H]1CC[C@@H]2[C@H]3CCC4=C[C@@H](S)CC[C@]4(C)[C@@H]3CC[C@@]21C. The van der Waals surface area contributed by atoms with Gasteiger partial charge in [-0.1, -0.05) is 65.5 Å². The summed E-state index contributed by atoms with van der Waals surface area (Å²) in [5.74, 6) is 5.76. The van der Waals surface area contributed by atoms with E-state index in [2.05, 4.69) is 40.7 Å². The van der Waals surface area contributed by atoms with Gasteiger partial charge in [0.2, 0.25) is 0 Å². The molecule has 3 fully saturated rings. The van der Waals surface area contributed by atoms with Crippen molar-refractivity contribution in [3.05, 3.63) is 11.6 Å². The predicted molar refractivity (Wildman–Crippen MR) is 126 cm³/mol. The Morgan fingerprint density at radius 3 is 2.50 bits per heavy atom. The summed E-state index contributed by atoms with van der Waals surface area (Å²) in [6.07, 6.45) is 18.5. The van der Waals surface area contributed by atoms with Crippen LogP contribution in [0.1, 0.15) is 105 Å². The van der Waals surface area contributed by atoms with E-state index in [1.54, 1.807) is 5.57 Å². The second-order valence-corrected chi connectivity index (χ2v) is 12.8. The van der Waals surface area contributed by atoms with Crippen LogP contribution in [0.25, 0.3) is 0 Å². The van der Waals surface area contributed by atoms with E-state index in [9.17, 15) is 0 Å². The fourth-order valence-corrected chi connectivity index (χ4v) is 9.04. The van der Waals surface area contributed by atoms with Crippen LogP contribution in [0.3, 0.4) is 0 Å². The minimum absolute atomic E-state index is 0.504. The van der Waals surface area contributed by atoms with Gasteiger partial charge in [-0.15, -0.1) is 0 Å². The highest BCUT2D eigenvalue weighted by atomic mass is 32.1. The van der Waals surface area contributed by atoms with Gasteiger partial charge in [0.05, 0.1) is 0 Å². The molecule has 4 rings (SSSR count). The van der Waals surface area contributed by atoms with Gasteiger partial charge in [0.15, 0.2) is 0 Å². The molecule has 0 bridgehead atoms. The smallest absolute Gasteiger partial charge is 0.0199 e. The second kappa shape index (κ2) is 7.97. The lowest BCUT2D eigenvalue weighted by Gasteiger charge is -2.59. The average Bonchev–Trinajstić information content (AvgIpc) is 2.99. The largest absolute Gasteiger partial charge is 0.172 e. The van der Waals surface area contributed by atoms with E-state index in [4.69, 9.17) is 12.6 Å². The van der Waals surface area contributed by atoms with Gasteiger partial charge in [-0.05, 0) is 97.7 Å². The zero-order valence-electron chi connectivity index (χ0n) is 19.3. The number of fused-ring (bicyclic) bond motifs is 5. The molecule has 28 heavy (non-hydrogen) atoms. The summed E-state index contributed by atoms with van der Waals surface area (Å²) in [6.45, 7) is 12.7. The van der Waals surface area contributed by atoms with Crippen LogP contribution in [-0.4, -0.2) is 5.25 Å². The lowest BCUT2D eigenvalue weighted by atomic mass is 9.46. The summed E-state index contributed by atoms with van der Waals surface area (Å²) in [7, 11) is 0. The molecule has 0 radical (unpaired) electrons. The van der Waals surface area contributed by atoms with Gasteiger partial charge in [-0.2, -0.15) is 12.6 Å². The molecule has 3 saturated carbocycles. The van der Waals surface area contributed by atoms with E-state index in [-0.39, 0.29) is 0 Å². The van der Waals surface area contributed by atoms with E-state index in [1.165, 1.54) is 70.6 Å². The summed E-state index contributed by atoms with van der Waals surface area (Å²) in [4.78, 5) is 0. The topological polar surface area (TPSA) is 0 Å². The fourth-order valence-electron chi connectivity index (χ4n) is 8.73. The van der Waals surface area contributed by atoms with Crippen LogP contribution >= 0.6 is 12.6 Å². The molecule has 0 aromatic heterocycles. The summed E-state index contributed by atoms with van der Waals surface area (Å²) >= 11 is 4.81. The molecule has 0 amide bonds. The summed E-state index contributed by atoms with van der Waals surface area (Å²) in [5, 5.41) is 0.524. The first-order valence-corrected chi connectivity index (χ1v) is 13.2. The van der Waals surface area contributed by atoms with Crippen LogP contribution in [0.2, 0.25) is 0 Å². The minimum Gasteiger partial charge on any atom is -0.172 e. The molecular formula is C27H46S. The molecule has 4 aliphatic carbocycles. The predicted octanol–water partition coefficient (Wildman–Crippen LogP) is 8.33. The second-order valence-electron chi connectivity index (χ2n) is 12.2. The number of rotatable bonds is 5. The van der Waals surface area contributed by atoms with Gasteiger partial charge in [0, 0.05) is 5.25 Å². The van der Waals surface area contributed by atoms with Gasteiger partial charge in [0.1, 0.15) is 0 Å². The van der Waals surface area contributed by atoms with Crippen LogP contribution in [0.4, 0.5) is 0 Å². The highest BCUT2D eigenvalue weighted by Crippen LogP contribution is 2.67. The van der Waals surface area contributed by atoms with E-state index < -0.39 is 0 Å². The Morgan fingerprint density at radius 2 is 1.75 bits per heavy atom. The average molecular weight is 403 g/mol. The quantitative estimate of drug-likeness (QED) is 0.347. The maximum atomic E-state index is 4.81. The van der Waals surface area contributed by atoms with Crippen molar-refractivity contribution in [2.24, 2.45) is 46.3 Å². The van der Waals surface area contributed by atoms with E-state index >= 15 is 0 Å². The molecule has 0 N–H and O–H groups in total. The molecule has 0 aromatic rings. The maximum Gasteiger partial charge on any atom is 0.0199 e. The zero-order chi connectivity index (χ0) is 20.1. The number of hydrogen-bond donors (Lipinski definition) is 1. The minimum atomic E-state index is 0.504. The molecule has 1 heteroatoms. The van der Waals surface area contributed by atoms with Crippen LogP contribution in [-0.2, 0) is 0 Å². The molecule has 0 heterocycles. The van der Waals surface area contributed by atoms with Crippen molar-refractivity contribution in [1.29, 1.82) is 0 Å². The van der Waals surface area contributed by atoms with E-state index in [1.807, 2.05) is 0 Å². The monoisotopic (exact) mass is 402 g/mol. The molecule has 0 spiro atoms. The van der Waals surface area contributed by atoms with Crippen molar-refractivity contribution < 1.29 is 0 Å². The van der Waals surface area contributed by atoms with Crippen LogP contribution in [0.15, 0.2) is 11.6 Å². The van der Waals surface area contributed by atoms with Crippen LogP contribution in [0, 0.1) is 46.3 Å². The molecule has 0 aliphatic heterocycles. The molecule has 0 unspecified atom stereocenters. The highest BCUT2D eigenvalue weighted by Gasteiger charge is 2.59. The van der Waals surface area contributed by atoms with Gasteiger partial charge < -0.3 is 0 Å². The van der Waals surface area contributed by atoms with Crippen molar-refractivity contribution in [3.8, 4) is 0 Å². The van der Waals surface area contributed by atoms with Crippen molar-refractivity contribution >= 4 is 12.6 Å². The fraction of sp³-hybridized carbons (Fsp3) is 0.926. The molecule has 4 aliphatic rings. The number of thiol groups is 1. The molecule has 0 aromatic carbocycles. The Balaban J connectivity index is 1.48. The van der Waals surface area contributed by atoms with Crippen LogP contribution < -0.4 is 0 Å². The normalized spacial score (nSPS) is 46.5. The van der Waals surface area contributed by atoms with Gasteiger partial charge in [-0.25, -0.2) is 0 Å². The standard InChI is InChI=1S/C27H46S/c1-18(2)7-6-8-19(3)23-11-12-24-22-10-9-20-17-21(28)13-15-26(20,4)25(22)14-16-27(23,24)5/h17-19,21-25,28H,6-16H2,1-5H3/t19-,21-,22+,23-,24+,25+,26-,27+/m0/s1. The summed E-state index contributed by atoms with van der Waals surface area (Å²) in [5.41, 5.74) is 2.93. The van der Waals surface area contributed by atoms with Crippen molar-refractivity contribution in [2.45, 2.75) is 110 Å². The maximum absolute atomic E-state index is 4.81. The first-order chi connectivity index (χ1) is 13.3. The highest BCUT2D eigenvalue weighted by molar-refractivity contribution is 7.81. The Bertz CT molecular complexity index is 591. The van der Waals surface area contributed by atoms with Crippen molar-refractivity contribution in [2.75, 3.05) is 0 Å². The zero-order valence-corrected chi connectivity index (χ0v) is 20.2. The van der Waals surface area contributed by atoms with Crippen LogP contribution in [0.5, 0.6) is 0 Å². The lowest BCUT2D eigenvalue weighted by molar-refractivity contribution is -0.0590. The first kappa shape index (κ1) is 21.3. The van der Waals surface area contributed by atoms with Gasteiger partial charge >= 0.3 is 0 Å². The van der Waals surface area contributed by atoms with Crippen molar-refractivity contribution in [3.63, 3.8) is 0 Å². The molecule has 0 saturated heterocycles. The summed E-state index contributed by atoms with van der Waals surface area (Å²) in [6, 6.07) is 0. The Hall–Kier alpha value is 0.0900. The van der Waals surface area contributed by atoms with E-state index in [0.717, 1.165) is 35.5 Å². The van der Waals surface area contributed by atoms with Gasteiger partial charge in [-0.3, -0.25) is 0 Å². The first-order valence-electron chi connectivity index (χ1n) is 12.6. The lowest BCUT2D eigenvalue weighted by Crippen LogP contribution is -2.51. The summed E-state index contributed by atoms with van der Waals surface area (Å²) < 4.78 is 0. The number of allylic oxidation sites excluding steroid dienone is 1. The third-order valence-electron chi connectivity index (χ3n) is 10.3. The Labute approximate surface area is 181 Å². The van der Waals surface area contributed by atoms with E-state index in [0.29, 0.717) is 16.1 Å². The van der Waals surface area contributed by atoms with Crippen molar-refractivity contribution in [1.82, 2.24) is 0 Å². The molecule has 8 atom stereocenters. The third-order valence-corrected chi connectivity index (χ3v) is 10.7. The molecule has 0 nitrogen and oxygen atoms in total. The Morgan fingerprint density at radius 1 is 0.964 bits per heavy atom. The molecular weight excluding hydrogens is 356 g/mol. The molecule has 160 valence electrons.